The Bertz CT molecular complexity index is 200. The van der Waals surface area contributed by atoms with Crippen LogP contribution in [0.2, 0.25) is 0 Å². The fourth-order valence-electron chi connectivity index (χ4n) is 0.580. The molecule has 7 heteroatoms. The van der Waals surface area contributed by atoms with E-state index in [1.54, 1.807) is 0 Å². The molecule has 0 aliphatic heterocycles. The Hall–Kier alpha value is -1.00. The van der Waals surface area contributed by atoms with E-state index in [0.29, 0.717) is 0 Å². The summed E-state index contributed by atoms with van der Waals surface area (Å²) in [6.45, 7) is 1.12. The molecular weight excluding hydrogens is 185 g/mol. The Balaban J connectivity index is 4.14. The zero-order chi connectivity index (χ0) is 9.72. The highest BCUT2D eigenvalue weighted by atomic mass is 31.1. The molecule has 0 saturated carbocycles. The molecule has 6 nitrogen and oxygen atoms in total. The minimum atomic E-state index is -2.80. The second-order valence-electron chi connectivity index (χ2n) is 2.11. The van der Waals surface area contributed by atoms with Crippen molar-refractivity contribution in [3.63, 3.8) is 0 Å². The molecule has 1 unspecified atom stereocenters. The van der Waals surface area contributed by atoms with Crippen LogP contribution in [0.25, 0.3) is 0 Å². The lowest BCUT2D eigenvalue weighted by atomic mass is 10.3. The number of carbonyl (C=O) groups is 2. The largest absolute Gasteiger partial charge is 0.595 e. The van der Waals surface area contributed by atoms with Gasteiger partial charge in [0.2, 0.25) is 5.91 Å². The smallest absolute Gasteiger partial charge is 0.330 e. The van der Waals surface area contributed by atoms with Gasteiger partial charge >= 0.3 is 14.0 Å². The molecule has 0 spiro atoms. The van der Waals surface area contributed by atoms with Crippen LogP contribution in [0.15, 0.2) is 0 Å². The molecule has 0 heterocycles. The van der Waals surface area contributed by atoms with Crippen LogP contribution in [-0.4, -0.2) is 29.2 Å². The van der Waals surface area contributed by atoms with E-state index in [4.69, 9.17) is 5.11 Å². The Kier molecular flexibility index (Phi) is 4.39. The average Bonchev–Trinajstić information content (AvgIpc) is 1.83. The first kappa shape index (κ1) is 11.0. The SMILES string of the molecule is CC(=O)N[C@@H](C[P+](=O)[O-])C(=O)O. The van der Waals surface area contributed by atoms with Gasteiger partial charge in [0, 0.05) is 6.92 Å². The molecule has 0 aliphatic carbocycles. The minimum absolute atomic E-state index is 0.570. The van der Waals surface area contributed by atoms with Crippen molar-refractivity contribution in [2.75, 3.05) is 6.16 Å². The summed E-state index contributed by atoms with van der Waals surface area (Å²) in [6.07, 6.45) is -0.579. The topological polar surface area (TPSA) is 107 Å². The normalized spacial score (nSPS) is 13.3. The lowest BCUT2D eigenvalue weighted by Crippen LogP contribution is -2.41. The van der Waals surface area contributed by atoms with Crippen molar-refractivity contribution >= 4 is 19.9 Å². The van der Waals surface area contributed by atoms with Gasteiger partial charge in [-0.1, -0.05) is 4.57 Å². The van der Waals surface area contributed by atoms with E-state index < -0.39 is 32.1 Å². The fourth-order valence-corrected chi connectivity index (χ4v) is 1.13. The van der Waals surface area contributed by atoms with Gasteiger partial charge in [-0.05, 0) is 0 Å². The quantitative estimate of drug-likeness (QED) is 0.538. The number of carboxylic acid groups (broad SMARTS) is 1. The number of amides is 1. The molecule has 2 atom stereocenters. The molecule has 0 saturated heterocycles. The summed E-state index contributed by atoms with van der Waals surface area (Å²) in [4.78, 5) is 30.8. The standard InChI is InChI=1S/C5H8NO5P/c1-3(7)6-4(5(8)9)2-12(10)11/h4H,2H2,1H3,(H,6,7)(H,8,9)/t4-/m0/s1. The van der Waals surface area contributed by atoms with E-state index >= 15 is 0 Å². The third-order valence-corrected chi connectivity index (χ3v) is 1.67. The van der Waals surface area contributed by atoms with Crippen LogP contribution in [0.4, 0.5) is 0 Å². The van der Waals surface area contributed by atoms with E-state index in [9.17, 15) is 19.0 Å². The number of carboxylic acids is 1. The van der Waals surface area contributed by atoms with Gasteiger partial charge in [-0.3, -0.25) is 4.79 Å². The number of hydrogen-bond acceptors (Lipinski definition) is 4. The number of hydrogen-bond donors (Lipinski definition) is 2. The zero-order valence-corrected chi connectivity index (χ0v) is 7.21. The van der Waals surface area contributed by atoms with Gasteiger partial charge < -0.3 is 15.3 Å². The van der Waals surface area contributed by atoms with Gasteiger partial charge in [0.05, 0.1) is 0 Å². The third-order valence-electron chi connectivity index (χ3n) is 1.01. The van der Waals surface area contributed by atoms with E-state index in [0.717, 1.165) is 6.92 Å². The maximum Gasteiger partial charge on any atom is 0.330 e. The number of aliphatic carboxylic acids is 1. The van der Waals surface area contributed by atoms with Gasteiger partial charge in [-0.2, -0.15) is 0 Å². The van der Waals surface area contributed by atoms with E-state index in [2.05, 4.69) is 0 Å². The van der Waals surface area contributed by atoms with Gasteiger partial charge in [0.25, 0.3) is 0 Å². The summed E-state index contributed by atoms with van der Waals surface area (Å²) < 4.78 is 10.1. The lowest BCUT2D eigenvalue weighted by molar-refractivity contribution is -0.165. The lowest BCUT2D eigenvalue weighted by Gasteiger charge is -2.07. The highest BCUT2D eigenvalue weighted by molar-refractivity contribution is 7.36. The van der Waals surface area contributed by atoms with E-state index in [1.165, 1.54) is 0 Å². The summed E-state index contributed by atoms with van der Waals surface area (Å²) in [5.41, 5.74) is 0. The second kappa shape index (κ2) is 4.79. The molecule has 0 aromatic carbocycles. The summed E-state index contributed by atoms with van der Waals surface area (Å²) in [6, 6.07) is -1.34. The van der Waals surface area contributed by atoms with Crippen molar-refractivity contribution < 1.29 is 24.2 Å². The minimum Gasteiger partial charge on any atom is -0.595 e. The third kappa shape index (κ3) is 4.76. The van der Waals surface area contributed by atoms with Crippen molar-refractivity contribution in [3.8, 4) is 0 Å². The molecule has 1 amide bonds. The fraction of sp³-hybridized carbons (Fsp3) is 0.600. The van der Waals surface area contributed by atoms with Crippen molar-refractivity contribution in [2.24, 2.45) is 0 Å². The summed E-state index contributed by atoms with van der Waals surface area (Å²) in [5, 5.41) is 10.4. The van der Waals surface area contributed by atoms with Crippen molar-refractivity contribution in [2.45, 2.75) is 13.0 Å². The number of nitrogens with one attached hydrogen (secondary N) is 1. The van der Waals surface area contributed by atoms with E-state index in [1.807, 2.05) is 5.32 Å². The van der Waals surface area contributed by atoms with Crippen molar-refractivity contribution in [3.05, 3.63) is 0 Å². The Labute approximate surface area is 69.5 Å². The second-order valence-corrected chi connectivity index (χ2v) is 3.14. The Morgan fingerprint density at radius 3 is 2.42 bits per heavy atom. The molecule has 68 valence electrons. The first-order chi connectivity index (χ1) is 5.43. The predicted molar refractivity (Wildman–Crippen MR) is 37.7 cm³/mol. The molecule has 0 rings (SSSR count). The maximum absolute atomic E-state index is 10.4. The first-order valence-corrected chi connectivity index (χ1v) is 4.41. The number of carbonyl (C=O) groups excluding carboxylic acids is 1. The molecule has 0 aliphatic rings. The Morgan fingerprint density at radius 1 is 1.67 bits per heavy atom. The van der Waals surface area contributed by atoms with Gasteiger partial charge in [-0.15, -0.1) is 0 Å². The van der Waals surface area contributed by atoms with Crippen LogP contribution in [0, 0.1) is 0 Å². The monoisotopic (exact) mass is 193 g/mol. The highest BCUT2D eigenvalue weighted by Gasteiger charge is 2.23. The van der Waals surface area contributed by atoms with Gasteiger partial charge in [-0.25, -0.2) is 4.79 Å². The summed E-state index contributed by atoms with van der Waals surface area (Å²) in [7, 11) is -2.80. The summed E-state index contributed by atoms with van der Waals surface area (Å²) >= 11 is 0. The molecule has 0 fully saturated rings. The predicted octanol–water partition coefficient (Wildman–Crippen LogP) is -1.32. The maximum atomic E-state index is 10.4. The summed E-state index contributed by atoms with van der Waals surface area (Å²) in [5.74, 6) is -1.93. The highest BCUT2D eigenvalue weighted by Crippen LogP contribution is 2.08. The average molecular weight is 193 g/mol. The van der Waals surface area contributed by atoms with Crippen LogP contribution < -0.4 is 10.2 Å². The molecular formula is C5H8NO5P. The van der Waals surface area contributed by atoms with Crippen LogP contribution in [-0.2, 0) is 14.2 Å². The Morgan fingerprint density at radius 2 is 2.17 bits per heavy atom. The van der Waals surface area contributed by atoms with E-state index in [-0.39, 0.29) is 0 Å². The van der Waals surface area contributed by atoms with Crippen LogP contribution in [0.3, 0.4) is 0 Å². The molecule has 0 radical (unpaired) electrons. The van der Waals surface area contributed by atoms with Gasteiger partial charge in [0.15, 0.2) is 12.2 Å². The molecule has 0 aromatic rings. The molecule has 0 bridgehead atoms. The van der Waals surface area contributed by atoms with Crippen molar-refractivity contribution in [1.29, 1.82) is 0 Å². The van der Waals surface area contributed by atoms with Gasteiger partial charge in [0.1, 0.15) is 0 Å². The molecule has 2 N–H and O–H groups in total. The van der Waals surface area contributed by atoms with Crippen molar-refractivity contribution in [1.82, 2.24) is 5.32 Å². The number of rotatable bonds is 4. The molecule has 12 heavy (non-hydrogen) atoms. The van der Waals surface area contributed by atoms with Crippen LogP contribution >= 0.6 is 8.03 Å². The van der Waals surface area contributed by atoms with Crippen LogP contribution in [0.1, 0.15) is 6.92 Å². The zero-order valence-electron chi connectivity index (χ0n) is 6.31. The first-order valence-electron chi connectivity index (χ1n) is 3.05. The molecule has 0 aromatic heterocycles. The van der Waals surface area contributed by atoms with Crippen LogP contribution in [0.5, 0.6) is 0 Å².